The van der Waals surface area contributed by atoms with Gasteiger partial charge in [0.15, 0.2) is 0 Å². The van der Waals surface area contributed by atoms with E-state index in [1.54, 1.807) is 17.5 Å². The van der Waals surface area contributed by atoms with Crippen molar-refractivity contribution in [1.82, 2.24) is 14.5 Å². The lowest BCUT2D eigenvalue weighted by atomic mass is 10.2. The summed E-state index contributed by atoms with van der Waals surface area (Å²) in [6.07, 6.45) is 0.683. The van der Waals surface area contributed by atoms with Crippen molar-refractivity contribution in [2.75, 3.05) is 0 Å². The molecule has 2 aromatic heterocycles. The number of nitrogens with one attached hydrogen (secondary N) is 1. The molecule has 0 unspecified atom stereocenters. The first-order valence-electron chi connectivity index (χ1n) is 6.48. The van der Waals surface area contributed by atoms with Crippen LogP contribution in [0.2, 0.25) is 0 Å². The van der Waals surface area contributed by atoms with E-state index in [0.29, 0.717) is 18.5 Å². The van der Waals surface area contributed by atoms with Crippen LogP contribution in [0.1, 0.15) is 28.8 Å². The van der Waals surface area contributed by atoms with E-state index < -0.39 is 5.97 Å². The quantitative estimate of drug-likeness (QED) is 0.772. The van der Waals surface area contributed by atoms with Gasteiger partial charge in [-0.1, -0.05) is 24.3 Å². The fourth-order valence-electron chi connectivity index (χ4n) is 2.38. The van der Waals surface area contributed by atoms with E-state index in [0.717, 1.165) is 28.4 Å². The Morgan fingerprint density at radius 1 is 1.48 bits per heavy atom. The van der Waals surface area contributed by atoms with Crippen LogP contribution in [0.5, 0.6) is 0 Å². The zero-order chi connectivity index (χ0) is 15.0. The molecule has 6 nitrogen and oxygen atoms in total. The molecule has 7 heteroatoms. The molecule has 3 aromatic rings. The van der Waals surface area contributed by atoms with Crippen LogP contribution in [0.3, 0.4) is 0 Å². The molecule has 0 saturated heterocycles. The van der Waals surface area contributed by atoms with Gasteiger partial charge in [-0.25, -0.2) is 9.78 Å². The molecule has 2 N–H and O–H groups in total. The Bertz CT molecular complexity index is 875. The van der Waals surface area contributed by atoms with E-state index >= 15 is 0 Å². The first-order chi connectivity index (χ1) is 10.1. The Morgan fingerprint density at radius 3 is 2.90 bits per heavy atom. The molecule has 0 aliphatic rings. The number of carboxylic acids is 1. The molecule has 0 aliphatic heterocycles. The highest BCUT2D eigenvalue weighted by Gasteiger charge is 2.16. The molecule has 0 atom stereocenters. The van der Waals surface area contributed by atoms with Gasteiger partial charge in [0.2, 0.25) is 0 Å². The third-order valence-electron chi connectivity index (χ3n) is 3.30. The molecule has 0 amide bonds. The average Bonchev–Trinajstić information content (AvgIpc) is 3.03. The highest BCUT2D eigenvalue weighted by Crippen LogP contribution is 2.21. The van der Waals surface area contributed by atoms with Crippen molar-refractivity contribution in [3.05, 3.63) is 50.3 Å². The van der Waals surface area contributed by atoms with Crippen molar-refractivity contribution in [2.45, 2.75) is 19.9 Å². The van der Waals surface area contributed by atoms with Crippen molar-refractivity contribution >= 4 is 28.3 Å². The van der Waals surface area contributed by atoms with Crippen LogP contribution in [0.4, 0.5) is 0 Å². The molecule has 0 radical (unpaired) electrons. The predicted molar refractivity (Wildman–Crippen MR) is 80.1 cm³/mol. The molecule has 2 heterocycles. The second kappa shape index (κ2) is 5.17. The Balaban J connectivity index is 2.18. The monoisotopic (exact) mass is 303 g/mol. The number of rotatable bonds is 4. The molecular weight excluding hydrogens is 290 g/mol. The third-order valence-corrected chi connectivity index (χ3v) is 4.02. The zero-order valence-electron chi connectivity index (χ0n) is 11.3. The maximum atomic E-state index is 11.3. The molecule has 1 aromatic carbocycles. The van der Waals surface area contributed by atoms with Gasteiger partial charge in [-0.2, -0.15) is 0 Å². The van der Waals surface area contributed by atoms with Gasteiger partial charge >= 0.3 is 10.8 Å². The largest absolute Gasteiger partial charge is 0.478 e. The number of imidazole rings is 1. The first-order valence-corrected chi connectivity index (χ1v) is 7.36. The van der Waals surface area contributed by atoms with Crippen LogP contribution in [0, 0.1) is 0 Å². The Labute approximate surface area is 123 Å². The number of carbonyl (C=O) groups is 1. The number of aromatic carboxylic acids is 1. The molecule has 0 fully saturated rings. The van der Waals surface area contributed by atoms with Gasteiger partial charge < -0.3 is 14.7 Å². The number of aromatic amines is 1. The highest BCUT2D eigenvalue weighted by molar-refractivity contribution is 7.07. The van der Waals surface area contributed by atoms with Gasteiger partial charge in [-0.3, -0.25) is 4.79 Å². The number of aryl methyl sites for hydroxylation is 1. The SMILES string of the molecule is CCc1nc2c(C(=O)O)cccc2n1Cc1csc(=O)[nH]1. The number of nitrogens with zero attached hydrogens (tertiary/aromatic N) is 2. The number of hydrogen-bond donors (Lipinski definition) is 2. The third kappa shape index (κ3) is 2.36. The second-order valence-corrected chi connectivity index (χ2v) is 5.46. The van der Waals surface area contributed by atoms with Crippen molar-refractivity contribution < 1.29 is 9.90 Å². The summed E-state index contributed by atoms with van der Waals surface area (Å²) >= 11 is 1.11. The van der Waals surface area contributed by atoms with Crippen LogP contribution < -0.4 is 4.87 Å². The van der Waals surface area contributed by atoms with Crippen molar-refractivity contribution in [3.63, 3.8) is 0 Å². The maximum Gasteiger partial charge on any atom is 0.337 e. The smallest absolute Gasteiger partial charge is 0.337 e. The standard InChI is InChI=1S/C14H13N3O3S/c1-2-11-16-12-9(13(18)19)4-3-5-10(12)17(11)6-8-7-21-14(20)15-8/h3-5,7H,2,6H2,1H3,(H,15,20)(H,18,19). The first kappa shape index (κ1) is 13.6. The Morgan fingerprint density at radius 2 is 2.29 bits per heavy atom. The van der Waals surface area contributed by atoms with Gasteiger partial charge in [-0.15, -0.1) is 0 Å². The summed E-state index contributed by atoms with van der Waals surface area (Å²) in [5, 5.41) is 11.0. The van der Waals surface area contributed by atoms with Crippen molar-refractivity contribution in [3.8, 4) is 0 Å². The van der Waals surface area contributed by atoms with Crippen molar-refractivity contribution in [2.24, 2.45) is 0 Å². The summed E-state index contributed by atoms with van der Waals surface area (Å²) in [7, 11) is 0. The normalized spacial score (nSPS) is 11.1. The molecule has 0 aliphatic carbocycles. The van der Waals surface area contributed by atoms with E-state index in [-0.39, 0.29) is 10.4 Å². The minimum absolute atomic E-state index is 0.0984. The summed E-state index contributed by atoms with van der Waals surface area (Å²) in [6.45, 7) is 2.44. The van der Waals surface area contributed by atoms with Crippen LogP contribution in [-0.2, 0) is 13.0 Å². The van der Waals surface area contributed by atoms with Crippen molar-refractivity contribution in [1.29, 1.82) is 0 Å². The van der Waals surface area contributed by atoms with E-state index in [9.17, 15) is 14.7 Å². The van der Waals surface area contributed by atoms with E-state index in [4.69, 9.17) is 0 Å². The lowest BCUT2D eigenvalue weighted by molar-refractivity contribution is 0.0699. The number of thiazole rings is 1. The van der Waals surface area contributed by atoms with E-state index in [1.165, 1.54) is 0 Å². The van der Waals surface area contributed by atoms with Gasteiger partial charge in [0.25, 0.3) is 0 Å². The second-order valence-electron chi connectivity index (χ2n) is 4.62. The van der Waals surface area contributed by atoms with E-state index in [1.807, 2.05) is 17.6 Å². The van der Waals surface area contributed by atoms with Gasteiger partial charge in [0.05, 0.1) is 17.6 Å². The minimum atomic E-state index is -0.989. The minimum Gasteiger partial charge on any atom is -0.478 e. The number of hydrogen-bond acceptors (Lipinski definition) is 4. The lowest BCUT2D eigenvalue weighted by Gasteiger charge is -2.06. The summed E-state index contributed by atoms with van der Waals surface area (Å²) in [4.78, 5) is 29.6. The van der Waals surface area contributed by atoms with Gasteiger partial charge in [0, 0.05) is 17.5 Å². The number of aromatic nitrogens is 3. The maximum absolute atomic E-state index is 11.3. The zero-order valence-corrected chi connectivity index (χ0v) is 12.1. The highest BCUT2D eigenvalue weighted by atomic mass is 32.1. The summed E-state index contributed by atoms with van der Waals surface area (Å²) < 4.78 is 1.94. The molecule has 21 heavy (non-hydrogen) atoms. The van der Waals surface area contributed by atoms with Gasteiger partial charge in [-0.05, 0) is 12.1 Å². The molecule has 0 spiro atoms. The Kier molecular flexibility index (Phi) is 3.34. The molecule has 108 valence electrons. The number of fused-ring (bicyclic) bond motifs is 1. The number of H-pyrrole nitrogens is 1. The number of carboxylic acid groups (broad SMARTS) is 1. The Hall–Kier alpha value is -2.41. The van der Waals surface area contributed by atoms with Crippen LogP contribution in [0.25, 0.3) is 11.0 Å². The van der Waals surface area contributed by atoms with Crippen LogP contribution >= 0.6 is 11.3 Å². The van der Waals surface area contributed by atoms with E-state index in [2.05, 4.69) is 9.97 Å². The number of para-hydroxylation sites is 1. The van der Waals surface area contributed by atoms with Gasteiger partial charge in [0.1, 0.15) is 11.3 Å². The summed E-state index contributed by atoms with van der Waals surface area (Å²) in [6, 6.07) is 5.10. The molecule has 3 rings (SSSR count). The topological polar surface area (TPSA) is 88.0 Å². The summed E-state index contributed by atoms with van der Waals surface area (Å²) in [5.41, 5.74) is 2.23. The summed E-state index contributed by atoms with van der Waals surface area (Å²) in [5.74, 6) is -0.192. The fourth-order valence-corrected chi connectivity index (χ4v) is 2.95. The molecular formula is C14H13N3O3S. The average molecular weight is 303 g/mol. The molecule has 0 saturated carbocycles. The van der Waals surface area contributed by atoms with Crippen LogP contribution in [0.15, 0.2) is 28.4 Å². The molecule has 0 bridgehead atoms. The lowest BCUT2D eigenvalue weighted by Crippen LogP contribution is -2.06. The van der Waals surface area contributed by atoms with Crippen LogP contribution in [-0.4, -0.2) is 25.6 Å². The number of benzene rings is 1. The fraction of sp³-hybridized carbons (Fsp3) is 0.214. The predicted octanol–water partition coefficient (Wildman–Crippen LogP) is 2.09.